The summed E-state index contributed by atoms with van der Waals surface area (Å²) in [5.74, 6) is -1.34. The average molecular weight is 319 g/mol. The van der Waals surface area contributed by atoms with Gasteiger partial charge in [0.15, 0.2) is 11.5 Å². The van der Waals surface area contributed by atoms with E-state index in [4.69, 9.17) is 5.11 Å². The third kappa shape index (κ3) is 3.75. The third-order valence-corrected chi connectivity index (χ3v) is 3.72. The molecule has 7 heteroatoms. The average Bonchev–Trinajstić information content (AvgIpc) is 2.80. The van der Waals surface area contributed by atoms with Gasteiger partial charge in [0.05, 0.1) is 18.2 Å². The van der Waals surface area contributed by atoms with Gasteiger partial charge >= 0.3 is 0 Å². The highest BCUT2D eigenvalue weighted by Gasteiger charge is 2.41. The van der Waals surface area contributed by atoms with Crippen molar-refractivity contribution in [1.29, 1.82) is 0 Å². The minimum absolute atomic E-state index is 0.0534. The summed E-state index contributed by atoms with van der Waals surface area (Å²) in [5.41, 5.74) is 0.810. The highest BCUT2D eigenvalue weighted by molar-refractivity contribution is 6.08. The first-order valence-electron chi connectivity index (χ1n) is 7.54. The Hall–Kier alpha value is -2.25. The topological polar surface area (TPSA) is 103 Å². The fourth-order valence-corrected chi connectivity index (χ4v) is 2.71. The number of carbonyl (C=O) groups is 2. The molecule has 1 amide bonds. The van der Waals surface area contributed by atoms with E-state index < -0.39 is 17.7 Å². The van der Waals surface area contributed by atoms with E-state index in [9.17, 15) is 14.7 Å². The molecule has 7 nitrogen and oxygen atoms in total. The van der Waals surface area contributed by atoms with E-state index in [-0.39, 0.29) is 18.0 Å². The maximum atomic E-state index is 12.3. The predicted octanol–water partition coefficient (Wildman–Crippen LogP) is 0.338. The lowest BCUT2D eigenvalue weighted by Gasteiger charge is -2.26. The summed E-state index contributed by atoms with van der Waals surface area (Å²) in [4.78, 5) is 29.7. The Labute approximate surface area is 134 Å². The molecule has 1 aromatic rings. The van der Waals surface area contributed by atoms with E-state index >= 15 is 0 Å². The van der Waals surface area contributed by atoms with Crippen LogP contribution in [0.5, 0.6) is 0 Å². The van der Waals surface area contributed by atoms with E-state index in [0.717, 1.165) is 0 Å². The minimum atomic E-state index is -0.605. The standard InChI is InChI=1S/C16H21N3O4/c1-11(21)13-14(12-4-2-5-18-10-12)19(16(23)15(13)22)8-3-6-17-7-9-20/h2,4-5,10,14,17,20,22H,3,6-9H2,1H3/t14-/m0/s1. The number of nitrogens with zero attached hydrogens (tertiary/aromatic N) is 2. The van der Waals surface area contributed by atoms with E-state index in [2.05, 4.69) is 10.3 Å². The van der Waals surface area contributed by atoms with Gasteiger partial charge in [0.2, 0.25) is 0 Å². The van der Waals surface area contributed by atoms with Crippen molar-refractivity contribution in [3.05, 3.63) is 41.4 Å². The van der Waals surface area contributed by atoms with Crippen LogP contribution in [0.3, 0.4) is 0 Å². The summed E-state index contributed by atoms with van der Waals surface area (Å²) in [7, 11) is 0. The van der Waals surface area contributed by atoms with Gasteiger partial charge in [-0.3, -0.25) is 14.6 Å². The molecule has 1 aromatic heterocycles. The Morgan fingerprint density at radius 1 is 1.43 bits per heavy atom. The van der Waals surface area contributed by atoms with Crippen molar-refractivity contribution >= 4 is 11.7 Å². The number of ketones is 1. The zero-order valence-electron chi connectivity index (χ0n) is 13.0. The lowest BCUT2D eigenvalue weighted by molar-refractivity contribution is -0.129. The Morgan fingerprint density at radius 2 is 2.22 bits per heavy atom. The first-order chi connectivity index (χ1) is 11.1. The lowest BCUT2D eigenvalue weighted by atomic mass is 9.98. The molecule has 1 aliphatic heterocycles. The molecule has 0 aromatic carbocycles. The Kier molecular flexibility index (Phi) is 5.84. The Bertz CT molecular complexity index is 601. The van der Waals surface area contributed by atoms with Crippen molar-refractivity contribution in [2.75, 3.05) is 26.2 Å². The zero-order valence-corrected chi connectivity index (χ0v) is 13.0. The largest absolute Gasteiger partial charge is 0.503 e. The number of hydrogen-bond acceptors (Lipinski definition) is 6. The van der Waals surface area contributed by atoms with Gasteiger partial charge in [0.25, 0.3) is 5.91 Å². The van der Waals surface area contributed by atoms with Crippen LogP contribution < -0.4 is 5.32 Å². The lowest BCUT2D eigenvalue weighted by Crippen LogP contribution is -2.33. The number of aromatic nitrogens is 1. The molecular formula is C16H21N3O4. The molecule has 0 aliphatic carbocycles. The first kappa shape index (κ1) is 17.1. The van der Waals surface area contributed by atoms with Crippen LogP contribution in [0.4, 0.5) is 0 Å². The Morgan fingerprint density at radius 3 is 2.83 bits per heavy atom. The molecule has 1 atom stereocenters. The maximum absolute atomic E-state index is 12.3. The van der Waals surface area contributed by atoms with Gasteiger partial charge < -0.3 is 20.4 Å². The summed E-state index contributed by atoms with van der Waals surface area (Å²) < 4.78 is 0. The molecule has 0 saturated carbocycles. The first-order valence-corrected chi connectivity index (χ1v) is 7.54. The van der Waals surface area contributed by atoms with Gasteiger partial charge in [0, 0.05) is 25.5 Å². The molecule has 3 N–H and O–H groups in total. The van der Waals surface area contributed by atoms with Gasteiger partial charge in [-0.05, 0) is 31.5 Å². The van der Waals surface area contributed by atoms with Crippen LogP contribution in [0.15, 0.2) is 35.9 Å². The quantitative estimate of drug-likeness (QED) is 0.597. The molecule has 0 saturated heterocycles. The van der Waals surface area contributed by atoms with Gasteiger partial charge in [0.1, 0.15) is 0 Å². The molecule has 0 radical (unpaired) electrons. The number of pyridine rings is 1. The molecule has 2 rings (SSSR count). The van der Waals surface area contributed by atoms with Crippen LogP contribution in [0, 0.1) is 0 Å². The van der Waals surface area contributed by atoms with Crippen LogP contribution in [-0.4, -0.2) is 58.0 Å². The molecule has 0 bridgehead atoms. The third-order valence-electron chi connectivity index (χ3n) is 3.72. The summed E-state index contributed by atoms with van der Waals surface area (Å²) in [6.45, 7) is 2.90. The number of Topliss-reactive ketones (excluding diaryl/α,β-unsaturated/α-hetero) is 1. The van der Waals surface area contributed by atoms with Crippen molar-refractivity contribution in [3.8, 4) is 0 Å². The number of amides is 1. The van der Waals surface area contributed by atoms with E-state index in [1.807, 2.05) is 0 Å². The van der Waals surface area contributed by atoms with Crippen LogP contribution in [0.25, 0.3) is 0 Å². The highest BCUT2D eigenvalue weighted by Crippen LogP contribution is 2.37. The molecule has 2 heterocycles. The van der Waals surface area contributed by atoms with Crippen molar-refractivity contribution in [1.82, 2.24) is 15.2 Å². The number of carbonyl (C=O) groups excluding carboxylic acids is 2. The van der Waals surface area contributed by atoms with Crippen LogP contribution in [0.1, 0.15) is 24.9 Å². The van der Waals surface area contributed by atoms with Gasteiger partial charge in [-0.2, -0.15) is 0 Å². The van der Waals surface area contributed by atoms with Crippen molar-refractivity contribution in [3.63, 3.8) is 0 Å². The Balaban J connectivity index is 2.19. The van der Waals surface area contributed by atoms with Gasteiger partial charge in [-0.25, -0.2) is 0 Å². The molecule has 0 fully saturated rings. The molecule has 124 valence electrons. The van der Waals surface area contributed by atoms with E-state index in [1.54, 1.807) is 24.5 Å². The van der Waals surface area contributed by atoms with Crippen LogP contribution in [-0.2, 0) is 9.59 Å². The zero-order chi connectivity index (χ0) is 16.8. The van der Waals surface area contributed by atoms with Gasteiger partial charge in [-0.15, -0.1) is 0 Å². The van der Waals surface area contributed by atoms with Crippen LogP contribution in [0.2, 0.25) is 0 Å². The molecule has 0 unspecified atom stereocenters. The molecule has 0 spiro atoms. The van der Waals surface area contributed by atoms with E-state index in [0.29, 0.717) is 31.6 Å². The second-order valence-corrected chi connectivity index (χ2v) is 5.33. The van der Waals surface area contributed by atoms with Gasteiger partial charge in [-0.1, -0.05) is 6.07 Å². The number of aliphatic hydroxyl groups is 2. The summed E-state index contributed by atoms with van der Waals surface area (Å²) in [5, 5.41) is 21.8. The fraction of sp³-hybridized carbons (Fsp3) is 0.438. The second-order valence-electron chi connectivity index (χ2n) is 5.33. The number of aliphatic hydroxyl groups excluding tert-OH is 2. The summed E-state index contributed by atoms with van der Waals surface area (Å²) >= 11 is 0. The number of rotatable bonds is 8. The molecule has 1 aliphatic rings. The fourth-order valence-electron chi connectivity index (χ4n) is 2.71. The van der Waals surface area contributed by atoms with Crippen molar-refractivity contribution in [2.24, 2.45) is 0 Å². The molecular weight excluding hydrogens is 298 g/mol. The normalized spacial score (nSPS) is 17.9. The van der Waals surface area contributed by atoms with E-state index in [1.165, 1.54) is 11.8 Å². The monoisotopic (exact) mass is 319 g/mol. The van der Waals surface area contributed by atoms with Crippen molar-refractivity contribution in [2.45, 2.75) is 19.4 Å². The second kappa shape index (κ2) is 7.85. The highest BCUT2D eigenvalue weighted by atomic mass is 16.3. The maximum Gasteiger partial charge on any atom is 0.290 e. The van der Waals surface area contributed by atoms with Crippen LogP contribution >= 0.6 is 0 Å². The number of nitrogens with one attached hydrogen (secondary N) is 1. The summed E-state index contributed by atoms with van der Waals surface area (Å²) in [6.07, 6.45) is 3.85. The summed E-state index contributed by atoms with van der Waals surface area (Å²) in [6, 6.07) is 2.91. The van der Waals surface area contributed by atoms with Crippen molar-refractivity contribution < 1.29 is 19.8 Å². The number of hydrogen-bond donors (Lipinski definition) is 3. The minimum Gasteiger partial charge on any atom is -0.503 e. The predicted molar refractivity (Wildman–Crippen MR) is 83.6 cm³/mol. The smallest absolute Gasteiger partial charge is 0.290 e. The SMILES string of the molecule is CC(=O)C1=C(O)C(=O)N(CCCNCCO)[C@H]1c1cccnc1. The molecule has 23 heavy (non-hydrogen) atoms.